The van der Waals surface area contributed by atoms with E-state index in [4.69, 9.17) is 0 Å². The van der Waals surface area contributed by atoms with E-state index in [1.807, 2.05) is 51.4 Å². The van der Waals surface area contributed by atoms with Gasteiger partial charge in [-0.25, -0.2) is 4.99 Å². The van der Waals surface area contributed by atoms with Crippen molar-refractivity contribution >= 4 is 45.5 Å². The van der Waals surface area contributed by atoms with E-state index in [1.54, 1.807) is 17.0 Å². The van der Waals surface area contributed by atoms with Gasteiger partial charge < -0.3 is 9.67 Å². The van der Waals surface area contributed by atoms with Gasteiger partial charge in [0.2, 0.25) is 0 Å². The predicted octanol–water partition coefficient (Wildman–Crippen LogP) is 4.82. The second-order valence-corrected chi connectivity index (χ2v) is 7.77. The molecule has 1 aromatic heterocycles. The Morgan fingerprint density at radius 1 is 1.21 bits per heavy atom. The number of amidine groups is 1. The molecule has 0 bridgehead atoms. The smallest absolute Gasteiger partial charge is 0.266 e. The summed E-state index contributed by atoms with van der Waals surface area (Å²) in [6, 6.07) is 13.5. The Balaban J connectivity index is 1.74. The first-order valence-electron chi connectivity index (χ1n) is 9.11. The molecular formula is C22H21N3O2S. The molecule has 1 fully saturated rings. The second kappa shape index (κ2) is 7.20. The zero-order valence-electron chi connectivity index (χ0n) is 16.0. The summed E-state index contributed by atoms with van der Waals surface area (Å²) in [5.74, 6) is 0.0499. The van der Waals surface area contributed by atoms with Crippen LogP contribution in [0.3, 0.4) is 0 Å². The lowest BCUT2D eigenvalue weighted by Gasteiger charge is -2.12. The highest BCUT2D eigenvalue weighted by Gasteiger charge is 2.32. The van der Waals surface area contributed by atoms with Crippen molar-refractivity contribution in [2.24, 2.45) is 12.0 Å². The maximum atomic E-state index is 12.9. The fourth-order valence-corrected chi connectivity index (χ4v) is 4.38. The van der Waals surface area contributed by atoms with Crippen molar-refractivity contribution in [1.29, 1.82) is 0 Å². The van der Waals surface area contributed by atoms with Gasteiger partial charge in [-0.1, -0.05) is 24.3 Å². The van der Waals surface area contributed by atoms with E-state index in [1.165, 1.54) is 11.8 Å². The van der Waals surface area contributed by atoms with Crippen LogP contribution in [0.15, 0.2) is 58.6 Å². The van der Waals surface area contributed by atoms with Crippen LogP contribution in [0.1, 0.15) is 18.1 Å². The Hall–Kier alpha value is -2.99. The molecule has 4 rings (SSSR count). The van der Waals surface area contributed by atoms with Crippen LogP contribution in [-0.2, 0) is 11.8 Å². The fraction of sp³-hybridized carbons (Fsp3) is 0.182. The summed E-state index contributed by atoms with van der Waals surface area (Å²) in [5.41, 5.74) is 3.55. The van der Waals surface area contributed by atoms with Crippen LogP contribution >= 0.6 is 11.8 Å². The molecule has 2 heterocycles. The van der Waals surface area contributed by atoms with E-state index >= 15 is 0 Å². The maximum Gasteiger partial charge on any atom is 0.266 e. The molecule has 142 valence electrons. The Labute approximate surface area is 168 Å². The summed E-state index contributed by atoms with van der Waals surface area (Å²) < 4.78 is 2.06. The van der Waals surface area contributed by atoms with Gasteiger partial charge in [0.15, 0.2) is 5.17 Å². The fourth-order valence-electron chi connectivity index (χ4n) is 3.33. The number of aromatic nitrogens is 1. The van der Waals surface area contributed by atoms with Crippen LogP contribution < -0.4 is 0 Å². The van der Waals surface area contributed by atoms with Gasteiger partial charge >= 0.3 is 0 Å². The van der Waals surface area contributed by atoms with Gasteiger partial charge in [-0.3, -0.25) is 9.69 Å². The zero-order valence-corrected chi connectivity index (χ0v) is 16.8. The number of nitrogens with zero attached hydrogens (tertiary/aromatic N) is 3. The molecule has 1 N–H and O–H groups in total. The van der Waals surface area contributed by atoms with E-state index in [0.29, 0.717) is 22.3 Å². The first-order valence-corrected chi connectivity index (χ1v) is 9.93. The van der Waals surface area contributed by atoms with Gasteiger partial charge in [0.25, 0.3) is 5.91 Å². The summed E-state index contributed by atoms with van der Waals surface area (Å²) in [6.45, 7) is 4.35. The molecule has 2 aromatic carbocycles. The third kappa shape index (κ3) is 3.20. The summed E-state index contributed by atoms with van der Waals surface area (Å²) in [5, 5.41) is 11.9. The third-order valence-electron chi connectivity index (χ3n) is 4.77. The molecule has 0 saturated carbocycles. The minimum atomic E-state index is -0.0641. The number of fused-ring (bicyclic) bond motifs is 1. The van der Waals surface area contributed by atoms with Gasteiger partial charge in [0, 0.05) is 36.3 Å². The Morgan fingerprint density at radius 2 is 2.00 bits per heavy atom. The summed E-state index contributed by atoms with van der Waals surface area (Å²) in [4.78, 5) is 19.7. The van der Waals surface area contributed by atoms with Crippen molar-refractivity contribution in [3.8, 4) is 5.75 Å². The molecule has 1 amide bonds. The Bertz CT molecular complexity index is 1140. The van der Waals surface area contributed by atoms with Crippen LogP contribution in [0.25, 0.3) is 17.0 Å². The van der Waals surface area contributed by atoms with Crippen molar-refractivity contribution < 1.29 is 9.90 Å². The minimum Gasteiger partial charge on any atom is -0.506 e. The summed E-state index contributed by atoms with van der Waals surface area (Å²) in [6.07, 6.45) is 3.96. The van der Waals surface area contributed by atoms with E-state index in [-0.39, 0.29) is 11.7 Å². The molecule has 28 heavy (non-hydrogen) atoms. The zero-order chi connectivity index (χ0) is 19.8. The van der Waals surface area contributed by atoms with Gasteiger partial charge in [0.1, 0.15) is 11.4 Å². The molecule has 1 aliphatic heterocycles. The predicted molar refractivity (Wildman–Crippen MR) is 116 cm³/mol. The number of phenols is 1. The normalized spacial score (nSPS) is 17.4. The number of hydrogen-bond donors (Lipinski definition) is 1. The topological polar surface area (TPSA) is 57.8 Å². The lowest BCUT2D eigenvalue weighted by Crippen LogP contribution is -2.28. The minimum absolute atomic E-state index is 0.0641. The number of benzene rings is 2. The quantitative estimate of drug-likeness (QED) is 0.652. The largest absolute Gasteiger partial charge is 0.506 e. The van der Waals surface area contributed by atoms with Crippen LogP contribution in [0, 0.1) is 6.92 Å². The molecule has 0 unspecified atom stereocenters. The molecule has 0 spiro atoms. The number of aliphatic imine (C=N–C) groups is 1. The molecule has 3 aromatic rings. The molecule has 0 radical (unpaired) electrons. The van der Waals surface area contributed by atoms with Crippen LogP contribution in [0.5, 0.6) is 5.75 Å². The van der Waals surface area contributed by atoms with Gasteiger partial charge in [-0.05, 0) is 55.4 Å². The highest BCUT2D eigenvalue weighted by molar-refractivity contribution is 8.18. The molecule has 5 nitrogen and oxygen atoms in total. The number of carbonyl (C=O) groups excluding carboxylic acids is 1. The van der Waals surface area contributed by atoms with Gasteiger partial charge in [-0.2, -0.15) is 0 Å². The molecular weight excluding hydrogens is 370 g/mol. The van der Waals surface area contributed by atoms with Gasteiger partial charge in [0.05, 0.1) is 4.91 Å². The summed E-state index contributed by atoms with van der Waals surface area (Å²) in [7, 11) is 2.00. The monoisotopic (exact) mass is 391 g/mol. The Morgan fingerprint density at radius 3 is 2.75 bits per heavy atom. The van der Waals surface area contributed by atoms with Crippen LogP contribution in [0.2, 0.25) is 0 Å². The number of carbonyl (C=O) groups is 1. The number of hydrogen-bond acceptors (Lipinski definition) is 4. The van der Waals surface area contributed by atoms with E-state index in [0.717, 1.165) is 22.0 Å². The lowest BCUT2D eigenvalue weighted by molar-refractivity contribution is -0.122. The molecule has 6 heteroatoms. The third-order valence-corrected chi connectivity index (χ3v) is 5.77. The van der Waals surface area contributed by atoms with Crippen LogP contribution in [-0.4, -0.2) is 32.2 Å². The highest BCUT2D eigenvalue weighted by Crippen LogP contribution is 2.37. The number of rotatable bonds is 3. The average molecular weight is 391 g/mol. The van der Waals surface area contributed by atoms with E-state index < -0.39 is 0 Å². The molecule has 0 aliphatic carbocycles. The average Bonchev–Trinajstić information content (AvgIpc) is 3.15. The molecule has 1 aliphatic rings. The molecule has 0 atom stereocenters. The lowest BCUT2D eigenvalue weighted by atomic mass is 10.1. The number of amides is 1. The number of aromatic hydroxyl groups is 1. The first kappa shape index (κ1) is 18.4. The van der Waals surface area contributed by atoms with Gasteiger partial charge in [-0.15, -0.1) is 0 Å². The SMILES string of the molecule is CCN1C(=O)/C(=C/c2cn(C)c3ccccc23)SC1=Nc1ccc(C)cc1O. The number of para-hydroxylation sites is 1. The Kier molecular flexibility index (Phi) is 4.73. The summed E-state index contributed by atoms with van der Waals surface area (Å²) >= 11 is 1.34. The number of likely N-dealkylation sites (N-methyl/N-ethyl adjacent to an activating group) is 1. The first-order chi connectivity index (χ1) is 13.5. The van der Waals surface area contributed by atoms with E-state index in [2.05, 4.69) is 21.7 Å². The highest BCUT2D eigenvalue weighted by atomic mass is 32.2. The van der Waals surface area contributed by atoms with Crippen molar-refractivity contribution in [2.75, 3.05) is 6.54 Å². The van der Waals surface area contributed by atoms with Crippen molar-refractivity contribution in [2.45, 2.75) is 13.8 Å². The maximum absolute atomic E-state index is 12.9. The second-order valence-electron chi connectivity index (χ2n) is 6.76. The van der Waals surface area contributed by atoms with Crippen molar-refractivity contribution in [1.82, 2.24) is 9.47 Å². The number of aryl methyl sites for hydroxylation is 2. The molecule has 1 saturated heterocycles. The van der Waals surface area contributed by atoms with E-state index in [9.17, 15) is 9.90 Å². The number of thioether (sulfide) groups is 1. The standard InChI is InChI=1S/C22H21N3O2S/c1-4-25-21(27)20(12-15-13-24(3)18-8-6-5-7-16(15)18)28-22(25)23-17-10-9-14(2)11-19(17)26/h5-13,26H,4H2,1-3H3/b20-12-,23-22?. The number of phenolic OH excluding ortho intramolecular Hbond substituents is 1. The van der Waals surface area contributed by atoms with Crippen molar-refractivity contribution in [3.63, 3.8) is 0 Å². The van der Waals surface area contributed by atoms with Crippen LogP contribution in [0.4, 0.5) is 5.69 Å². The van der Waals surface area contributed by atoms with Crippen molar-refractivity contribution in [3.05, 3.63) is 64.7 Å².